The zero-order valence-corrected chi connectivity index (χ0v) is 25.2. The molecule has 0 unspecified atom stereocenters. The quantitative estimate of drug-likeness (QED) is 0.162. The van der Waals surface area contributed by atoms with E-state index in [9.17, 15) is 0 Å². The molecular formula is C29H27Br3N2O4. The highest BCUT2D eigenvalue weighted by Crippen LogP contribution is 2.40. The molecule has 1 aliphatic heterocycles. The molecule has 0 aliphatic carbocycles. The standard InChI is InChI=1S/C29H27Br3N2O4/c30-26-27(31)34(29(32)33-26)28-25(37-18-22-14-8-3-9-15-22)24(36-17-21-12-6-2-7-13-21)23(38-28)19-35-16-20-10-4-1-5-11-20/h1-15,23-25,28H,16-19H2/t23-,24-,25+,28+/m1/s1. The van der Waals surface area contributed by atoms with Crippen LogP contribution in [0.2, 0.25) is 0 Å². The minimum atomic E-state index is -0.507. The minimum absolute atomic E-state index is 0.348. The first-order valence-corrected chi connectivity index (χ1v) is 14.6. The third kappa shape index (κ3) is 6.83. The minimum Gasteiger partial charge on any atom is -0.374 e. The van der Waals surface area contributed by atoms with Crippen molar-refractivity contribution in [1.82, 2.24) is 9.55 Å². The molecule has 5 rings (SSSR count). The summed E-state index contributed by atoms with van der Waals surface area (Å²) in [5, 5.41) is 0. The number of hydrogen-bond donors (Lipinski definition) is 0. The van der Waals surface area contributed by atoms with Gasteiger partial charge in [0.15, 0.2) is 11.0 Å². The molecule has 9 heteroatoms. The van der Waals surface area contributed by atoms with Gasteiger partial charge in [-0.2, -0.15) is 0 Å². The van der Waals surface area contributed by atoms with Gasteiger partial charge < -0.3 is 18.9 Å². The molecule has 4 atom stereocenters. The van der Waals surface area contributed by atoms with E-state index in [-0.39, 0.29) is 12.2 Å². The van der Waals surface area contributed by atoms with Crippen molar-refractivity contribution in [2.45, 2.75) is 44.4 Å². The maximum Gasteiger partial charge on any atom is 0.181 e. The van der Waals surface area contributed by atoms with Gasteiger partial charge in [0.05, 0.1) is 26.4 Å². The van der Waals surface area contributed by atoms with Crippen molar-refractivity contribution in [2.24, 2.45) is 0 Å². The van der Waals surface area contributed by atoms with Crippen LogP contribution in [0.5, 0.6) is 0 Å². The molecule has 1 saturated heterocycles. The predicted octanol–water partition coefficient (Wildman–Crippen LogP) is 7.46. The Hall–Kier alpha value is -1.85. The van der Waals surface area contributed by atoms with Crippen LogP contribution in [-0.4, -0.2) is 34.5 Å². The Labute approximate surface area is 247 Å². The number of halogens is 3. The van der Waals surface area contributed by atoms with Crippen molar-refractivity contribution in [3.8, 4) is 0 Å². The summed E-state index contributed by atoms with van der Waals surface area (Å²) in [5.41, 5.74) is 3.25. The highest BCUT2D eigenvalue weighted by Gasteiger charge is 2.48. The van der Waals surface area contributed by atoms with E-state index in [4.69, 9.17) is 18.9 Å². The molecule has 1 fully saturated rings. The number of ether oxygens (including phenoxy) is 4. The summed E-state index contributed by atoms with van der Waals surface area (Å²) in [6.45, 7) is 1.68. The molecule has 4 aromatic rings. The maximum atomic E-state index is 6.63. The Bertz CT molecular complexity index is 1290. The van der Waals surface area contributed by atoms with Crippen LogP contribution in [0.25, 0.3) is 0 Å². The van der Waals surface area contributed by atoms with E-state index in [0.717, 1.165) is 21.3 Å². The molecule has 1 aromatic heterocycles. The topological polar surface area (TPSA) is 54.7 Å². The van der Waals surface area contributed by atoms with E-state index >= 15 is 0 Å². The smallest absolute Gasteiger partial charge is 0.181 e. The molecule has 0 spiro atoms. The molecule has 0 amide bonds. The summed E-state index contributed by atoms with van der Waals surface area (Å²) in [7, 11) is 0. The van der Waals surface area contributed by atoms with Crippen LogP contribution >= 0.6 is 47.8 Å². The second kappa shape index (κ2) is 13.5. The lowest BCUT2D eigenvalue weighted by molar-refractivity contribution is -0.0921. The van der Waals surface area contributed by atoms with Gasteiger partial charge in [-0.1, -0.05) is 91.0 Å². The van der Waals surface area contributed by atoms with Crippen molar-refractivity contribution >= 4 is 47.8 Å². The van der Waals surface area contributed by atoms with Crippen LogP contribution in [0.4, 0.5) is 0 Å². The first-order valence-electron chi connectivity index (χ1n) is 12.3. The molecular weight excluding hydrogens is 680 g/mol. The summed E-state index contributed by atoms with van der Waals surface area (Å²) in [4.78, 5) is 4.50. The second-order valence-electron chi connectivity index (χ2n) is 8.92. The van der Waals surface area contributed by atoms with Gasteiger partial charge in [0, 0.05) is 0 Å². The Balaban J connectivity index is 1.41. The van der Waals surface area contributed by atoms with Gasteiger partial charge in [-0.25, -0.2) is 4.98 Å². The van der Waals surface area contributed by atoms with E-state index < -0.39 is 12.3 Å². The van der Waals surface area contributed by atoms with Crippen LogP contribution in [0.3, 0.4) is 0 Å². The van der Waals surface area contributed by atoms with E-state index in [1.54, 1.807) is 0 Å². The van der Waals surface area contributed by atoms with E-state index in [1.165, 1.54) is 0 Å². The number of aromatic nitrogens is 2. The van der Waals surface area contributed by atoms with Crippen molar-refractivity contribution < 1.29 is 18.9 Å². The lowest BCUT2D eigenvalue weighted by atomic mass is 10.1. The van der Waals surface area contributed by atoms with Gasteiger partial charge in [0.25, 0.3) is 0 Å². The molecule has 1 aliphatic rings. The lowest BCUT2D eigenvalue weighted by Crippen LogP contribution is -2.38. The number of nitrogens with zero attached hydrogens (tertiary/aromatic N) is 2. The number of rotatable bonds is 11. The van der Waals surface area contributed by atoms with Crippen molar-refractivity contribution in [3.63, 3.8) is 0 Å². The summed E-state index contributed by atoms with van der Waals surface area (Å²) in [6.07, 6.45) is -1.70. The zero-order valence-electron chi connectivity index (χ0n) is 20.5. The average Bonchev–Trinajstić information content (AvgIpc) is 3.41. The maximum absolute atomic E-state index is 6.63. The van der Waals surface area contributed by atoms with E-state index in [2.05, 4.69) is 52.8 Å². The predicted molar refractivity (Wildman–Crippen MR) is 155 cm³/mol. The molecule has 0 bridgehead atoms. The fourth-order valence-electron chi connectivity index (χ4n) is 4.41. The molecule has 3 aromatic carbocycles. The summed E-state index contributed by atoms with van der Waals surface area (Å²) in [5.74, 6) is 0. The van der Waals surface area contributed by atoms with Gasteiger partial charge in [0.2, 0.25) is 0 Å². The molecule has 2 heterocycles. The molecule has 6 nitrogen and oxygen atoms in total. The monoisotopic (exact) mass is 704 g/mol. The first-order chi connectivity index (χ1) is 18.6. The largest absolute Gasteiger partial charge is 0.374 e. The van der Waals surface area contributed by atoms with Gasteiger partial charge >= 0.3 is 0 Å². The second-order valence-corrected chi connectivity index (χ2v) is 11.1. The van der Waals surface area contributed by atoms with Crippen LogP contribution < -0.4 is 0 Å². The van der Waals surface area contributed by atoms with Crippen molar-refractivity contribution in [1.29, 1.82) is 0 Å². The Morgan fingerprint density at radius 2 is 1.18 bits per heavy atom. The number of benzene rings is 3. The fraction of sp³-hybridized carbons (Fsp3) is 0.276. The summed E-state index contributed by atoms with van der Waals surface area (Å²) >= 11 is 10.7. The Kier molecular flexibility index (Phi) is 9.83. The van der Waals surface area contributed by atoms with E-state index in [1.807, 2.05) is 95.6 Å². The van der Waals surface area contributed by atoms with Gasteiger partial charge in [-0.15, -0.1) is 0 Å². The van der Waals surface area contributed by atoms with Gasteiger partial charge in [-0.3, -0.25) is 4.57 Å². The lowest BCUT2D eigenvalue weighted by Gasteiger charge is -2.26. The van der Waals surface area contributed by atoms with Crippen molar-refractivity contribution in [2.75, 3.05) is 6.61 Å². The summed E-state index contributed by atoms with van der Waals surface area (Å²) in [6, 6.07) is 30.3. The molecule has 0 N–H and O–H groups in total. The van der Waals surface area contributed by atoms with Crippen molar-refractivity contribution in [3.05, 3.63) is 122 Å². The van der Waals surface area contributed by atoms with Crippen LogP contribution in [0.15, 0.2) is 105 Å². The highest BCUT2D eigenvalue weighted by atomic mass is 79.9. The third-order valence-electron chi connectivity index (χ3n) is 6.28. The van der Waals surface area contributed by atoms with Crippen LogP contribution in [-0.2, 0) is 38.8 Å². The summed E-state index contributed by atoms with van der Waals surface area (Å²) < 4.78 is 29.8. The number of imidazole rings is 1. The highest BCUT2D eigenvalue weighted by molar-refractivity contribution is 9.13. The molecule has 38 heavy (non-hydrogen) atoms. The third-order valence-corrected chi connectivity index (χ3v) is 8.68. The fourth-order valence-corrected chi connectivity index (χ4v) is 6.26. The first kappa shape index (κ1) is 27.7. The van der Waals surface area contributed by atoms with Gasteiger partial charge in [-0.05, 0) is 64.5 Å². The van der Waals surface area contributed by atoms with Crippen LogP contribution in [0.1, 0.15) is 22.9 Å². The Morgan fingerprint density at radius 1 is 0.684 bits per heavy atom. The van der Waals surface area contributed by atoms with E-state index in [0.29, 0.717) is 35.8 Å². The van der Waals surface area contributed by atoms with Crippen LogP contribution in [0, 0.1) is 0 Å². The molecule has 0 radical (unpaired) electrons. The molecule has 198 valence electrons. The zero-order chi connectivity index (χ0) is 26.3. The Morgan fingerprint density at radius 3 is 1.68 bits per heavy atom. The SMILES string of the molecule is Brc1nc(Br)n([C@H]2O[C@H](COCc3ccccc3)[C@@H](OCc3ccccc3)[C@@H]2OCc2ccccc2)c1Br. The number of hydrogen-bond acceptors (Lipinski definition) is 5. The van der Waals surface area contributed by atoms with Gasteiger partial charge in [0.1, 0.15) is 27.5 Å². The molecule has 0 saturated carbocycles. The average molecular weight is 707 g/mol. The normalized spacial score (nSPS) is 21.1.